The van der Waals surface area contributed by atoms with Crippen LogP contribution in [-0.4, -0.2) is 29.9 Å². The Morgan fingerprint density at radius 2 is 1.81 bits per heavy atom. The van der Waals surface area contributed by atoms with Crippen LogP contribution in [0.2, 0.25) is 0 Å². The van der Waals surface area contributed by atoms with Crippen molar-refractivity contribution in [1.29, 1.82) is 0 Å². The fourth-order valence-corrected chi connectivity index (χ4v) is 4.23. The zero-order chi connectivity index (χ0) is 21.6. The zero-order valence-corrected chi connectivity index (χ0v) is 18.2. The molecule has 0 saturated carbocycles. The Kier molecular flexibility index (Phi) is 6.48. The highest BCUT2D eigenvalue weighted by atomic mass is 32.1. The first-order valence-corrected chi connectivity index (χ1v) is 11.2. The average Bonchev–Trinajstić information content (AvgIpc) is 3.39. The minimum atomic E-state index is -0.302. The number of anilines is 1. The summed E-state index contributed by atoms with van der Waals surface area (Å²) in [4.78, 5) is 28.6. The van der Waals surface area contributed by atoms with E-state index in [4.69, 9.17) is 4.74 Å². The smallest absolute Gasteiger partial charge is 0.278 e. The molecule has 0 unspecified atom stereocenters. The molecule has 1 aliphatic rings. The van der Waals surface area contributed by atoms with Crippen LogP contribution in [-0.2, 0) is 16.0 Å². The van der Waals surface area contributed by atoms with Gasteiger partial charge in [-0.25, -0.2) is 0 Å². The molecule has 0 spiro atoms. The number of imide groups is 1. The van der Waals surface area contributed by atoms with E-state index < -0.39 is 0 Å². The Morgan fingerprint density at radius 3 is 2.55 bits per heavy atom. The number of benzene rings is 2. The van der Waals surface area contributed by atoms with Crippen LogP contribution < -0.4 is 10.1 Å². The van der Waals surface area contributed by atoms with Crippen molar-refractivity contribution < 1.29 is 14.3 Å². The fraction of sp³-hybridized carbons (Fsp3) is 0.200. The van der Waals surface area contributed by atoms with Crippen LogP contribution in [0.25, 0.3) is 5.57 Å². The van der Waals surface area contributed by atoms with Crippen molar-refractivity contribution in [2.45, 2.75) is 19.8 Å². The summed E-state index contributed by atoms with van der Waals surface area (Å²) in [5, 5.41) is 5.10. The molecule has 0 atom stereocenters. The maximum absolute atomic E-state index is 13.3. The van der Waals surface area contributed by atoms with Crippen LogP contribution in [0.4, 0.5) is 5.69 Å². The molecule has 0 radical (unpaired) electrons. The second-order valence-electron chi connectivity index (χ2n) is 7.23. The van der Waals surface area contributed by atoms with Crippen molar-refractivity contribution in [3.8, 4) is 5.75 Å². The second kappa shape index (κ2) is 9.62. The summed E-state index contributed by atoms with van der Waals surface area (Å²) in [5.41, 5.74) is 2.53. The van der Waals surface area contributed by atoms with Crippen LogP contribution >= 0.6 is 11.3 Å². The van der Waals surface area contributed by atoms with Gasteiger partial charge in [0.15, 0.2) is 0 Å². The predicted molar refractivity (Wildman–Crippen MR) is 124 cm³/mol. The van der Waals surface area contributed by atoms with E-state index in [1.807, 2.05) is 79.0 Å². The molecule has 1 aliphatic heterocycles. The lowest BCUT2D eigenvalue weighted by Crippen LogP contribution is -2.34. The molecule has 0 saturated heterocycles. The first-order valence-electron chi connectivity index (χ1n) is 10.4. The summed E-state index contributed by atoms with van der Waals surface area (Å²) < 4.78 is 5.70. The highest BCUT2D eigenvalue weighted by Gasteiger charge is 2.39. The first kappa shape index (κ1) is 20.9. The van der Waals surface area contributed by atoms with Crippen molar-refractivity contribution in [3.63, 3.8) is 0 Å². The normalized spacial score (nSPS) is 13.8. The van der Waals surface area contributed by atoms with E-state index in [0.717, 1.165) is 22.6 Å². The molecule has 0 aliphatic carbocycles. The lowest BCUT2D eigenvalue weighted by atomic mass is 10.1. The Morgan fingerprint density at radius 1 is 0.968 bits per heavy atom. The van der Waals surface area contributed by atoms with E-state index in [0.29, 0.717) is 36.5 Å². The molecule has 1 N–H and O–H groups in total. The summed E-state index contributed by atoms with van der Waals surface area (Å²) in [6, 6.07) is 21.1. The average molecular weight is 433 g/mol. The van der Waals surface area contributed by atoms with Gasteiger partial charge >= 0.3 is 0 Å². The zero-order valence-electron chi connectivity index (χ0n) is 17.3. The summed E-state index contributed by atoms with van der Waals surface area (Å²) >= 11 is 1.45. The van der Waals surface area contributed by atoms with Crippen molar-refractivity contribution in [2.75, 3.05) is 18.5 Å². The van der Waals surface area contributed by atoms with Gasteiger partial charge < -0.3 is 10.1 Å². The Balaban J connectivity index is 1.60. The number of thiophene rings is 1. The summed E-state index contributed by atoms with van der Waals surface area (Å²) in [7, 11) is 0. The maximum atomic E-state index is 13.3. The number of nitrogens with one attached hydrogen (secondary N) is 1. The van der Waals surface area contributed by atoms with Gasteiger partial charge in [0, 0.05) is 23.2 Å². The third-order valence-corrected chi connectivity index (χ3v) is 5.87. The second-order valence-corrected chi connectivity index (χ2v) is 8.17. The number of carbonyl (C=O) groups excluding carboxylic acids is 2. The van der Waals surface area contributed by atoms with Gasteiger partial charge in [-0.2, -0.15) is 0 Å². The highest BCUT2D eigenvalue weighted by molar-refractivity contribution is 7.11. The number of rotatable bonds is 9. The van der Waals surface area contributed by atoms with Gasteiger partial charge in [0.2, 0.25) is 0 Å². The minimum absolute atomic E-state index is 0.260. The van der Waals surface area contributed by atoms with Gasteiger partial charge in [-0.05, 0) is 42.0 Å². The third-order valence-electron chi connectivity index (χ3n) is 4.98. The maximum Gasteiger partial charge on any atom is 0.278 e. The first-order chi connectivity index (χ1) is 15.2. The summed E-state index contributed by atoms with van der Waals surface area (Å²) in [6.45, 7) is 3.01. The van der Waals surface area contributed by atoms with Gasteiger partial charge in [-0.3, -0.25) is 14.5 Å². The molecule has 4 rings (SSSR count). The quantitative estimate of drug-likeness (QED) is 0.485. The Labute approximate surface area is 186 Å². The van der Waals surface area contributed by atoms with Gasteiger partial charge in [0.05, 0.1) is 12.2 Å². The molecule has 5 nitrogen and oxygen atoms in total. The topological polar surface area (TPSA) is 58.6 Å². The largest absolute Gasteiger partial charge is 0.494 e. The molecule has 158 valence electrons. The third kappa shape index (κ3) is 4.70. The van der Waals surface area contributed by atoms with E-state index >= 15 is 0 Å². The molecule has 0 fully saturated rings. The van der Waals surface area contributed by atoms with Crippen LogP contribution in [0, 0.1) is 0 Å². The van der Waals surface area contributed by atoms with Gasteiger partial charge in [0.25, 0.3) is 11.8 Å². The molecule has 3 aromatic rings. The number of ether oxygens (including phenoxy) is 1. The SMILES string of the molecule is CCCOc1cccc(NC2=C(c3cccs3)C(=O)N(CCc3ccccc3)C2=O)c1. The molecule has 2 aromatic carbocycles. The van der Waals surface area contributed by atoms with Crippen LogP contribution in [0.15, 0.2) is 77.8 Å². The molecule has 6 heteroatoms. The van der Waals surface area contributed by atoms with E-state index in [1.54, 1.807) is 0 Å². The monoisotopic (exact) mass is 432 g/mol. The van der Waals surface area contributed by atoms with Gasteiger partial charge in [-0.1, -0.05) is 49.4 Å². The van der Waals surface area contributed by atoms with Crippen molar-refractivity contribution in [2.24, 2.45) is 0 Å². The number of hydrogen-bond acceptors (Lipinski definition) is 5. The minimum Gasteiger partial charge on any atom is -0.494 e. The Hall–Kier alpha value is -3.38. The van der Waals surface area contributed by atoms with Crippen molar-refractivity contribution >= 4 is 34.4 Å². The number of amides is 2. The van der Waals surface area contributed by atoms with E-state index in [9.17, 15) is 9.59 Å². The predicted octanol–water partition coefficient (Wildman–Crippen LogP) is 4.97. The molecule has 2 heterocycles. The molecule has 0 bridgehead atoms. The Bertz CT molecular complexity index is 1090. The number of carbonyl (C=O) groups is 2. The summed E-state index contributed by atoms with van der Waals surface area (Å²) in [5.74, 6) is 0.163. The molecule has 31 heavy (non-hydrogen) atoms. The van der Waals surface area contributed by atoms with Crippen molar-refractivity contribution in [1.82, 2.24) is 4.90 Å². The van der Waals surface area contributed by atoms with E-state index in [1.165, 1.54) is 16.2 Å². The van der Waals surface area contributed by atoms with Crippen LogP contribution in [0.3, 0.4) is 0 Å². The standard InChI is InChI=1S/C25H24N2O3S/c1-2-15-30-20-11-6-10-19(17-20)26-23-22(21-12-7-16-31-21)24(28)27(25(23)29)14-13-18-8-4-3-5-9-18/h3-12,16-17,26H,2,13-15H2,1H3. The molecule has 2 amide bonds. The molecule has 1 aromatic heterocycles. The number of nitrogens with zero attached hydrogens (tertiary/aromatic N) is 1. The van der Waals surface area contributed by atoms with Crippen LogP contribution in [0.5, 0.6) is 5.75 Å². The summed E-state index contributed by atoms with van der Waals surface area (Å²) in [6.07, 6.45) is 1.53. The molecular formula is C25H24N2O3S. The lowest BCUT2D eigenvalue weighted by molar-refractivity contribution is -0.136. The van der Waals surface area contributed by atoms with Gasteiger partial charge in [-0.15, -0.1) is 11.3 Å². The van der Waals surface area contributed by atoms with Crippen LogP contribution in [0.1, 0.15) is 23.8 Å². The van der Waals surface area contributed by atoms with E-state index in [2.05, 4.69) is 5.32 Å². The highest BCUT2D eigenvalue weighted by Crippen LogP contribution is 2.33. The van der Waals surface area contributed by atoms with Crippen molar-refractivity contribution in [3.05, 3.63) is 88.2 Å². The molecular weight excluding hydrogens is 408 g/mol. The lowest BCUT2D eigenvalue weighted by Gasteiger charge is -2.15. The van der Waals surface area contributed by atoms with Gasteiger partial charge in [0.1, 0.15) is 11.4 Å². The van der Waals surface area contributed by atoms with E-state index in [-0.39, 0.29) is 11.8 Å². The number of hydrogen-bond donors (Lipinski definition) is 1. The fourth-order valence-electron chi connectivity index (χ4n) is 3.46.